The number of nitrogens with zero attached hydrogens (tertiary/aromatic N) is 5. The first kappa shape index (κ1) is 15.5. The van der Waals surface area contributed by atoms with E-state index >= 15 is 0 Å². The molecule has 0 atom stereocenters. The smallest absolute Gasteiger partial charge is 0.257 e. The molecule has 23 heavy (non-hydrogen) atoms. The highest BCUT2D eigenvalue weighted by Gasteiger charge is 2.26. The summed E-state index contributed by atoms with van der Waals surface area (Å²) < 4.78 is 3.26. The molecule has 0 aromatic carbocycles. The molecule has 122 valence electrons. The molecule has 1 amide bonds. The van der Waals surface area contributed by atoms with Crippen LogP contribution in [0.25, 0.3) is 0 Å². The van der Waals surface area contributed by atoms with Gasteiger partial charge >= 0.3 is 0 Å². The third-order valence-corrected chi connectivity index (χ3v) is 4.09. The van der Waals surface area contributed by atoms with E-state index in [1.54, 1.807) is 29.0 Å². The van der Waals surface area contributed by atoms with Gasteiger partial charge in [-0.15, -0.1) is 0 Å². The summed E-state index contributed by atoms with van der Waals surface area (Å²) in [5.74, 6) is -0.0753. The van der Waals surface area contributed by atoms with Crippen LogP contribution >= 0.6 is 0 Å². The molecule has 7 heteroatoms. The molecular weight excluding hydrogens is 294 g/mol. The molecule has 0 fully saturated rings. The number of carbonyl (C=O) groups excluding carboxylic acids is 1. The SMILES string of the molecule is Cn1cnc2c(c1=O)CCN(C(=O)c1cnn(C(C)(C)C)c1)C2. The zero-order valence-corrected chi connectivity index (χ0v) is 13.9. The monoisotopic (exact) mass is 315 g/mol. The minimum Gasteiger partial charge on any atom is -0.332 e. The third-order valence-electron chi connectivity index (χ3n) is 4.09. The van der Waals surface area contributed by atoms with Crippen LogP contribution in [0.1, 0.15) is 42.4 Å². The standard InChI is InChI=1S/C16H21N5O2/c1-16(2,3)21-8-11(7-18-21)14(22)20-6-5-12-13(9-20)17-10-19(4)15(12)23/h7-8,10H,5-6,9H2,1-4H3. The Bertz CT molecular complexity index is 813. The summed E-state index contributed by atoms with van der Waals surface area (Å²) in [7, 11) is 1.69. The van der Waals surface area contributed by atoms with Crippen LogP contribution in [0, 0.1) is 0 Å². The van der Waals surface area contributed by atoms with Gasteiger partial charge in [-0.2, -0.15) is 5.10 Å². The van der Waals surface area contributed by atoms with Gasteiger partial charge < -0.3 is 9.47 Å². The first-order chi connectivity index (χ1) is 10.8. The number of aryl methyl sites for hydroxylation is 1. The van der Waals surface area contributed by atoms with E-state index < -0.39 is 0 Å². The summed E-state index contributed by atoms with van der Waals surface area (Å²) in [6, 6.07) is 0. The number of rotatable bonds is 1. The highest BCUT2D eigenvalue weighted by atomic mass is 16.2. The summed E-state index contributed by atoms with van der Waals surface area (Å²) in [6.07, 6.45) is 5.41. The molecule has 1 aliphatic rings. The molecule has 0 bridgehead atoms. The lowest BCUT2D eigenvalue weighted by molar-refractivity contribution is 0.0731. The zero-order chi connectivity index (χ0) is 16.8. The second kappa shape index (κ2) is 5.33. The van der Waals surface area contributed by atoms with Crippen molar-refractivity contribution in [3.8, 4) is 0 Å². The number of hydrogen-bond donors (Lipinski definition) is 0. The normalized spacial score (nSPS) is 14.7. The average Bonchev–Trinajstić information content (AvgIpc) is 3.00. The summed E-state index contributed by atoms with van der Waals surface area (Å²) in [5, 5.41) is 4.27. The van der Waals surface area contributed by atoms with Crippen LogP contribution in [0.15, 0.2) is 23.5 Å². The number of aromatic nitrogens is 4. The van der Waals surface area contributed by atoms with Gasteiger partial charge in [-0.05, 0) is 27.2 Å². The first-order valence-corrected chi connectivity index (χ1v) is 7.65. The van der Waals surface area contributed by atoms with Gasteiger partial charge in [0.15, 0.2) is 0 Å². The van der Waals surface area contributed by atoms with E-state index in [0.29, 0.717) is 36.3 Å². The zero-order valence-electron chi connectivity index (χ0n) is 13.9. The highest BCUT2D eigenvalue weighted by Crippen LogP contribution is 2.18. The number of fused-ring (bicyclic) bond motifs is 1. The Morgan fingerprint density at radius 1 is 1.30 bits per heavy atom. The lowest BCUT2D eigenvalue weighted by Crippen LogP contribution is -2.40. The maximum atomic E-state index is 12.7. The van der Waals surface area contributed by atoms with E-state index in [2.05, 4.69) is 10.1 Å². The molecule has 2 aromatic rings. The Balaban J connectivity index is 1.83. The van der Waals surface area contributed by atoms with Crippen molar-refractivity contribution in [3.63, 3.8) is 0 Å². The Kier molecular flexibility index (Phi) is 3.58. The summed E-state index contributed by atoms with van der Waals surface area (Å²) in [4.78, 5) is 30.8. The predicted octanol–water partition coefficient (Wildman–Crippen LogP) is 0.930. The van der Waals surface area contributed by atoms with E-state index in [0.717, 1.165) is 0 Å². The van der Waals surface area contributed by atoms with Crippen LogP contribution in [-0.4, -0.2) is 36.7 Å². The second-order valence-corrected chi connectivity index (χ2v) is 6.91. The molecule has 0 unspecified atom stereocenters. The van der Waals surface area contributed by atoms with Crippen molar-refractivity contribution in [2.75, 3.05) is 6.54 Å². The predicted molar refractivity (Wildman–Crippen MR) is 85.1 cm³/mol. The van der Waals surface area contributed by atoms with Crippen LogP contribution in [0.2, 0.25) is 0 Å². The minimum absolute atomic E-state index is 0.0253. The summed E-state index contributed by atoms with van der Waals surface area (Å²) in [6.45, 7) is 6.99. The summed E-state index contributed by atoms with van der Waals surface area (Å²) in [5.41, 5.74) is 1.77. The first-order valence-electron chi connectivity index (χ1n) is 7.65. The van der Waals surface area contributed by atoms with Gasteiger partial charge in [-0.25, -0.2) is 4.98 Å². The Morgan fingerprint density at radius 2 is 2.04 bits per heavy atom. The van der Waals surface area contributed by atoms with Crippen molar-refractivity contribution in [2.45, 2.75) is 39.3 Å². The van der Waals surface area contributed by atoms with Gasteiger partial charge in [0.2, 0.25) is 0 Å². The van der Waals surface area contributed by atoms with Gasteiger partial charge in [0.05, 0.1) is 35.9 Å². The lowest BCUT2D eigenvalue weighted by Gasteiger charge is -2.27. The van der Waals surface area contributed by atoms with E-state index in [9.17, 15) is 9.59 Å². The summed E-state index contributed by atoms with van der Waals surface area (Å²) >= 11 is 0. The molecule has 0 radical (unpaired) electrons. The van der Waals surface area contributed by atoms with E-state index in [1.807, 2.05) is 20.8 Å². The van der Waals surface area contributed by atoms with Crippen LogP contribution in [0.3, 0.4) is 0 Å². The van der Waals surface area contributed by atoms with Crippen molar-refractivity contribution < 1.29 is 4.79 Å². The molecule has 0 saturated heterocycles. The van der Waals surface area contributed by atoms with Gasteiger partial charge in [-0.3, -0.25) is 14.3 Å². The van der Waals surface area contributed by atoms with Crippen LogP contribution in [-0.2, 0) is 25.6 Å². The van der Waals surface area contributed by atoms with Crippen molar-refractivity contribution in [2.24, 2.45) is 7.05 Å². The van der Waals surface area contributed by atoms with Crippen molar-refractivity contribution in [3.05, 3.63) is 45.9 Å². The molecule has 7 nitrogen and oxygen atoms in total. The number of carbonyl (C=O) groups is 1. The molecule has 0 saturated carbocycles. The van der Waals surface area contributed by atoms with Gasteiger partial charge in [0, 0.05) is 25.4 Å². The van der Waals surface area contributed by atoms with Crippen LogP contribution in [0.4, 0.5) is 0 Å². The van der Waals surface area contributed by atoms with Gasteiger partial charge in [0.25, 0.3) is 11.5 Å². The van der Waals surface area contributed by atoms with Crippen molar-refractivity contribution >= 4 is 5.91 Å². The molecule has 2 aromatic heterocycles. The lowest BCUT2D eigenvalue weighted by atomic mass is 10.1. The van der Waals surface area contributed by atoms with Crippen LogP contribution in [0.5, 0.6) is 0 Å². The Morgan fingerprint density at radius 3 is 2.70 bits per heavy atom. The van der Waals surface area contributed by atoms with Crippen LogP contribution < -0.4 is 5.56 Å². The molecule has 0 aliphatic carbocycles. The van der Waals surface area contributed by atoms with E-state index in [-0.39, 0.29) is 17.0 Å². The molecular formula is C16H21N5O2. The maximum absolute atomic E-state index is 12.7. The fraction of sp³-hybridized carbons (Fsp3) is 0.500. The Labute approximate surface area is 134 Å². The van der Waals surface area contributed by atoms with Gasteiger partial charge in [0.1, 0.15) is 0 Å². The van der Waals surface area contributed by atoms with Crippen molar-refractivity contribution in [1.29, 1.82) is 0 Å². The maximum Gasteiger partial charge on any atom is 0.257 e. The molecule has 3 rings (SSSR count). The van der Waals surface area contributed by atoms with E-state index in [4.69, 9.17) is 0 Å². The highest BCUT2D eigenvalue weighted by molar-refractivity contribution is 5.93. The molecule has 0 N–H and O–H groups in total. The molecule has 1 aliphatic heterocycles. The number of hydrogen-bond acceptors (Lipinski definition) is 4. The molecule has 0 spiro atoms. The quantitative estimate of drug-likeness (QED) is 0.785. The largest absolute Gasteiger partial charge is 0.332 e. The van der Waals surface area contributed by atoms with Crippen molar-refractivity contribution in [1.82, 2.24) is 24.2 Å². The third kappa shape index (κ3) is 2.78. The topological polar surface area (TPSA) is 73.0 Å². The minimum atomic E-state index is -0.166. The number of amides is 1. The van der Waals surface area contributed by atoms with E-state index in [1.165, 1.54) is 10.9 Å². The second-order valence-electron chi connectivity index (χ2n) is 6.91. The average molecular weight is 315 g/mol. The fourth-order valence-corrected chi connectivity index (χ4v) is 2.67. The molecule has 3 heterocycles. The van der Waals surface area contributed by atoms with Gasteiger partial charge in [-0.1, -0.05) is 0 Å². The fourth-order valence-electron chi connectivity index (χ4n) is 2.67. The Hall–Kier alpha value is -2.44.